The van der Waals surface area contributed by atoms with Crippen LogP contribution in [0.1, 0.15) is 5.69 Å². The topological polar surface area (TPSA) is 46.1 Å². The fraction of sp³-hybridized carbons (Fsp3) is 0. The number of thiazole rings is 1. The number of thiocarbonyl (C=S) groups is 1. The average molecular weight is 399 g/mol. The molecule has 3 heterocycles. The summed E-state index contributed by atoms with van der Waals surface area (Å²) < 4.78 is 13.5. The van der Waals surface area contributed by atoms with E-state index in [4.69, 9.17) is 12.2 Å². The Morgan fingerprint density at radius 2 is 2.00 bits per heavy atom. The van der Waals surface area contributed by atoms with Crippen LogP contribution in [0, 0.1) is 5.82 Å². The van der Waals surface area contributed by atoms with Crippen LogP contribution in [0.3, 0.4) is 0 Å². The number of aromatic nitrogens is 2. The van der Waals surface area contributed by atoms with Gasteiger partial charge in [0, 0.05) is 17.1 Å². The highest BCUT2D eigenvalue weighted by Gasteiger charge is 2.33. The minimum Gasteiger partial charge on any atom is -0.268 e. The van der Waals surface area contributed by atoms with Gasteiger partial charge >= 0.3 is 0 Å². The molecule has 0 unspecified atom stereocenters. The van der Waals surface area contributed by atoms with Gasteiger partial charge in [0.2, 0.25) is 0 Å². The number of thioether (sulfide) groups is 1. The molecule has 1 fully saturated rings. The van der Waals surface area contributed by atoms with Gasteiger partial charge < -0.3 is 0 Å². The Labute approximate surface area is 162 Å². The minimum atomic E-state index is -0.287. The van der Waals surface area contributed by atoms with E-state index in [0.717, 1.165) is 10.6 Å². The summed E-state index contributed by atoms with van der Waals surface area (Å²) >= 11 is 8.00. The van der Waals surface area contributed by atoms with Crippen molar-refractivity contribution >= 4 is 57.3 Å². The number of amides is 1. The van der Waals surface area contributed by atoms with Crippen molar-refractivity contribution in [1.82, 2.24) is 9.97 Å². The highest BCUT2D eigenvalue weighted by atomic mass is 32.2. The van der Waals surface area contributed by atoms with Crippen LogP contribution in [0.25, 0.3) is 16.6 Å². The second-order valence-corrected chi connectivity index (χ2v) is 7.85. The Morgan fingerprint density at radius 3 is 2.73 bits per heavy atom. The molecule has 0 radical (unpaired) electrons. The van der Waals surface area contributed by atoms with Crippen molar-refractivity contribution < 1.29 is 9.18 Å². The van der Waals surface area contributed by atoms with E-state index in [1.54, 1.807) is 42.7 Å². The maximum atomic E-state index is 13.0. The highest BCUT2D eigenvalue weighted by Crippen LogP contribution is 2.36. The van der Waals surface area contributed by atoms with Crippen molar-refractivity contribution in [3.8, 4) is 10.6 Å². The van der Waals surface area contributed by atoms with Crippen LogP contribution in [0.15, 0.2) is 59.1 Å². The molecule has 1 amide bonds. The van der Waals surface area contributed by atoms with Gasteiger partial charge in [-0.05, 0) is 42.5 Å². The lowest BCUT2D eigenvalue weighted by Gasteiger charge is -2.13. The molecule has 1 aliphatic heterocycles. The summed E-state index contributed by atoms with van der Waals surface area (Å²) in [6, 6.07) is 9.70. The first kappa shape index (κ1) is 17.0. The third-order valence-corrected chi connectivity index (χ3v) is 5.80. The molecule has 8 heteroatoms. The zero-order valence-electron chi connectivity index (χ0n) is 13.1. The fourth-order valence-electron chi connectivity index (χ4n) is 2.39. The quantitative estimate of drug-likeness (QED) is 0.470. The number of nitrogens with zero attached hydrogens (tertiary/aromatic N) is 3. The van der Waals surface area contributed by atoms with Crippen LogP contribution >= 0.6 is 35.3 Å². The standard InChI is InChI=1S/C18H10FN3OS3/c19-12-5-3-11(4-6-12)16-21-13(10-25-16)8-15-17(23)22(18(24)26-15)14-2-1-7-20-9-14/h1-10H/b15-8-. The zero-order chi connectivity index (χ0) is 18.1. The average Bonchev–Trinajstić information content (AvgIpc) is 3.21. The van der Waals surface area contributed by atoms with Crippen molar-refractivity contribution in [3.63, 3.8) is 0 Å². The Morgan fingerprint density at radius 1 is 1.19 bits per heavy atom. The van der Waals surface area contributed by atoms with Crippen LogP contribution in [0.5, 0.6) is 0 Å². The van der Waals surface area contributed by atoms with E-state index in [1.165, 1.54) is 40.1 Å². The maximum absolute atomic E-state index is 13.0. The Balaban J connectivity index is 1.60. The smallest absolute Gasteiger partial charge is 0.268 e. The SMILES string of the molecule is O=C1/C(=C/c2csc(-c3ccc(F)cc3)n2)SC(=S)N1c1cccnc1. The lowest BCUT2D eigenvalue weighted by Crippen LogP contribution is -2.27. The van der Waals surface area contributed by atoms with Gasteiger partial charge in [-0.25, -0.2) is 9.37 Å². The van der Waals surface area contributed by atoms with Gasteiger partial charge in [0.15, 0.2) is 4.32 Å². The molecule has 4 nitrogen and oxygen atoms in total. The number of carbonyl (C=O) groups excluding carboxylic acids is 1. The molecule has 0 bridgehead atoms. The van der Waals surface area contributed by atoms with Gasteiger partial charge in [-0.1, -0.05) is 24.0 Å². The number of hydrogen-bond donors (Lipinski definition) is 0. The van der Waals surface area contributed by atoms with Crippen LogP contribution in [-0.4, -0.2) is 20.2 Å². The zero-order valence-corrected chi connectivity index (χ0v) is 15.6. The second-order valence-electron chi connectivity index (χ2n) is 5.31. The minimum absolute atomic E-state index is 0.190. The van der Waals surface area contributed by atoms with Gasteiger partial charge in [0.1, 0.15) is 10.8 Å². The second kappa shape index (κ2) is 7.06. The molecule has 0 spiro atoms. The first-order chi connectivity index (χ1) is 12.6. The summed E-state index contributed by atoms with van der Waals surface area (Å²) in [5.41, 5.74) is 2.14. The van der Waals surface area contributed by atoms with Gasteiger partial charge in [-0.15, -0.1) is 11.3 Å². The van der Waals surface area contributed by atoms with Crippen molar-refractivity contribution in [3.05, 3.63) is 70.6 Å². The maximum Gasteiger partial charge on any atom is 0.270 e. The predicted octanol–water partition coefficient (Wildman–Crippen LogP) is 4.75. The largest absolute Gasteiger partial charge is 0.270 e. The van der Waals surface area contributed by atoms with Gasteiger partial charge in [0.05, 0.1) is 22.5 Å². The first-order valence-corrected chi connectivity index (χ1v) is 9.62. The summed E-state index contributed by atoms with van der Waals surface area (Å²) in [6.07, 6.45) is 4.96. The molecule has 2 aromatic heterocycles. The Bertz CT molecular complexity index is 1020. The van der Waals surface area contributed by atoms with E-state index >= 15 is 0 Å². The molecule has 1 aliphatic rings. The molecular formula is C18H10FN3OS3. The normalized spacial score (nSPS) is 15.9. The number of carbonyl (C=O) groups is 1. The third-order valence-electron chi connectivity index (χ3n) is 3.59. The third kappa shape index (κ3) is 3.31. The Hall–Kier alpha value is -2.42. The molecule has 4 rings (SSSR count). The molecule has 26 heavy (non-hydrogen) atoms. The van der Waals surface area contributed by atoms with Gasteiger partial charge in [0.25, 0.3) is 5.91 Å². The summed E-state index contributed by atoms with van der Waals surface area (Å²) in [5, 5.41) is 2.62. The lowest BCUT2D eigenvalue weighted by atomic mass is 10.2. The Kier molecular flexibility index (Phi) is 4.62. The van der Waals surface area contributed by atoms with Crippen LogP contribution in [0.4, 0.5) is 10.1 Å². The van der Waals surface area contributed by atoms with Crippen LogP contribution in [0.2, 0.25) is 0 Å². The molecule has 3 aromatic rings. The van der Waals surface area contributed by atoms with E-state index in [1.807, 2.05) is 5.38 Å². The van der Waals surface area contributed by atoms with Crippen molar-refractivity contribution in [2.45, 2.75) is 0 Å². The molecule has 0 atom stereocenters. The van der Waals surface area contributed by atoms with Crippen LogP contribution < -0.4 is 4.90 Å². The van der Waals surface area contributed by atoms with Crippen molar-refractivity contribution in [2.75, 3.05) is 4.90 Å². The number of anilines is 1. The van der Waals surface area contributed by atoms with Crippen molar-refractivity contribution in [1.29, 1.82) is 0 Å². The number of halogens is 1. The van der Waals surface area contributed by atoms with E-state index < -0.39 is 0 Å². The van der Waals surface area contributed by atoms with E-state index in [9.17, 15) is 9.18 Å². The molecule has 0 saturated carbocycles. The molecule has 0 aliphatic carbocycles. The summed E-state index contributed by atoms with van der Waals surface area (Å²) in [5.74, 6) is -0.478. The summed E-state index contributed by atoms with van der Waals surface area (Å²) in [7, 11) is 0. The van der Waals surface area contributed by atoms with Crippen LogP contribution in [-0.2, 0) is 4.79 Å². The highest BCUT2D eigenvalue weighted by molar-refractivity contribution is 8.27. The molecule has 1 aromatic carbocycles. The van der Waals surface area contributed by atoms with E-state index in [2.05, 4.69) is 9.97 Å². The summed E-state index contributed by atoms with van der Waals surface area (Å²) in [4.78, 5) is 23.2. The number of rotatable bonds is 3. The van der Waals surface area contributed by atoms with Gasteiger partial charge in [-0.2, -0.15) is 0 Å². The number of hydrogen-bond acceptors (Lipinski definition) is 6. The monoisotopic (exact) mass is 399 g/mol. The van der Waals surface area contributed by atoms with E-state index in [0.29, 0.717) is 20.6 Å². The number of pyridine rings is 1. The predicted molar refractivity (Wildman–Crippen MR) is 107 cm³/mol. The number of benzene rings is 1. The molecule has 0 N–H and O–H groups in total. The molecule has 128 valence electrons. The molecular weight excluding hydrogens is 389 g/mol. The fourth-order valence-corrected chi connectivity index (χ4v) is 4.46. The summed E-state index contributed by atoms with van der Waals surface area (Å²) in [6.45, 7) is 0. The molecule has 1 saturated heterocycles. The van der Waals surface area contributed by atoms with Crippen molar-refractivity contribution in [2.24, 2.45) is 0 Å². The first-order valence-electron chi connectivity index (χ1n) is 7.51. The van der Waals surface area contributed by atoms with Gasteiger partial charge in [-0.3, -0.25) is 14.7 Å². The lowest BCUT2D eigenvalue weighted by molar-refractivity contribution is -0.113. The van der Waals surface area contributed by atoms with E-state index in [-0.39, 0.29) is 11.7 Å².